The van der Waals surface area contributed by atoms with Crippen LogP contribution in [0.3, 0.4) is 0 Å². The first kappa shape index (κ1) is 20.7. The molecule has 0 aromatic heterocycles. The van der Waals surface area contributed by atoms with E-state index in [1.54, 1.807) is 18.2 Å². The summed E-state index contributed by atoms with van der Waals surface area (Å²) in [6, 6.07) is 4.92. The molecular weight excluding hydrogens is 352 g/mol. The lowest BCUT2D eigenvalue weighted by molar-refractivity contribution is -0.126. The zero-order valence-electron chi connectivity index (χ0n) is 16.0. The molecule has 1 saturated heterocycles. The number of hydrogen-bond donors (Lipinski definition) is 1. The minimum Gasteiger partial charge on any atom is -0.494 e. The number of piperidine rings is 1. The molecular formula is C19H30N2O4S. The van der Waals surface area contributed by atoms with E-state index in [0.29, 0.717) is 31.9 Å². The third-order valence-electron chi connectivity index (χ3n) is 4.67. The minimum atomic E-state index is -3.61. The number of rotatable bonds is 8. The summed E-state index contributed by atoms with van der Waals surface area (Å²) >= 11 is 0. The maximum atomic E-state index is 13.0. The van der Waals surface area contributed by atoms with Crippen LogP contribution in [0, 0.1) is 12.8 Å². The molecule has 0 aliphatic carbocycles. The van der Waals surface area contributed by atoms with E-state index in [1.807, 2.05) is 13.8 Å². The molecule has 1 aromatic rings. The van der Waals surface area contributed by atoms with Crippen molar-refractivity contribution in [2.45, 2.75) is 51.3 Å². The molecule has 0 spiro atoms. The number of nitrogens with zero attached hydrogens (tertiary/aromatic N) is 1. The summed E-state index contributed by atoms with van der Waals surface area (Å²) in [7, 11) is -3.61. The number of amides is 1. The molecule has 1 atom stereocenters. The van der Waals surface area contributed by atoms with E-state index in [4.69, 9.17) is 4.74 Å². The zero-order chi connectivity index (χ0) is 19.2. The lowest BCUT2D eigenvalue weighted by Gasteiger charge is -2.31. The number of ether oxygens (including phenoxy) is 1. The smallest absolute Gasteiger partial charge is 0.243 e. The van der Waals surface area contributed by atoms with Crippen molar-refractivity contribution in [3.05, 3.63) is 23.8 Å². The van der Waals surface area contributed by atoms with Crippen LogP contribution < -0.4 is 10.1 Å². The molecule has 1 fully saturated rings. The van der Waals surface area contributed by atoms with Gasteiger partial charge in [-0.05, 0) is 56.9 Å². The van der Waals surface area contributed by atoms with E-state index in [-0.39, 0.29) is 23.3 Å². The SMILES string of the molecule is CCCCNC(=O)[C@@H]1CCCN(S(=O)(=O)c2ccc(OCC)c(C)c2)C1. The van der Waals surface area contributed by atoms with Crippen molar-refractivity contribution in [2.24, 2.45) is 5.92 Å². The summed E-state index contributed by atoms with van der Waals surface area (Å²) in [5, 5.41) is 2.92. The van der Waals surface area contributed by atoms with Crippen LogP contribution in [-0.2, 0) is 14.8 Å². The summed E-state index contributed by atoms with van der Waals surface area (Å²) in [5.41, 5.74) is 0.791. The largest absolute Gasteiger partial charge is 0.494 e. The average molecular weight is 383 g/mol. The van der Waals surface area contributed by atoms with Gasteiger partial charge in [-0.25, -0.2) is 8.42 Å². The number of benzene rings is 1. The molecule has 1 N–H and O–H groups in total. The van der Waals surface area contributed by atoms with Crippen LogP contribution in [0.15, 0.2) is 23.1 Å². The maximum absolute atomic E-state index is 13.0. The maximum Gasteiger partial charge on any atom is 0.243 e. The molecule has 1 aromatic carbocycles. The van der Waals surface area contributed by atoms with Crippen molar-refractivity contribution < 1.29 is 17.9 Å². The first-order valence-electron chi connectivity index (χ1n) is 9.41. The Morgan fingerprint density at radius 3 is 2.77 bits per heavy atom. The number of carbonyl (C=O) groups excluding carboxylic acids is 1. The quantitative estimate of drug-likeness (QED) is 0.702. The Labute approximate surface area is 157 Å². The van der Waals surface area contributed by atoms with Crippen LogP contribution in [0.2, 0.25) is 0 Å². The van der Waals surface area contributed by atoms with Crippen LogP contribution >= 0.6 is 0 Å². The second-order valence-electron chi connectivity index (χ2n) is 6.71. The second-order valence-corrected chi connectivity index (χ2v) is 8.65. The van der Waals surface area contributed by atoms with Gasteiger partial charge in [0.05, 0.1) is 17.4 Å². The van der Waals surface area contributed by atoms with Gasteiger partial charge in [-0.15, -0.1) is 0 Å². The average Bonchev–Trinajstić information content (AvgIpc) is 2.63. The van der Waals surface area contributed by atoms with E-state index in [2.05, 4.69) is 12.2 Å². The molecule has 0 radical (unpaired) electrons. The number of aryl methyl sites for hydroxylation is 1. The fourth-order valence-corrected chi connectivity index (χ4v) is 4.77. The van der Waals surface area contributed by atoms with Gasteiger partial charge in [0.1, 0.15) is 5.75 Å². The fourth-order valence-electron chi connectivity index (χ4n) is 3.16. The predicted molar refractivity (Wildman–Crippen MR) is 102 cm³/mol. The lowest BCUT2D eigenvalue weighted by atomic mass is 9.99. The van der Waals surface area contributed by atoms with Crippen LogP contribution in [0.4, 0.5) is 0 Å². The third-order valence-corrected chi connectivity index (χ3v) is 6.53. The summed E-state index contributed by atoms with van der Waals surface area (Å²) in [4.78, 5) is 12.6. The van der Waals surface area contributed by atoms with E-state index in [9.17, 15) is 13.2 Å². The summed E-state index contributed by atoms with van der Waals surface area (Å²) in [6.45, 7) is 7.68. The highest BCUT2D eigenvalue weighted by Crippen LogP contribution is 2.27. The van der Waals surface area contributed by atoms with Gasteiger partial charge >= 0.3 is 0 Å². The highest BCUT2D eigenvalue weighted by molar-refractivity contribution is 7.89. The van der Waals surface area contributed by atoms with Crippen molar-refractivity contribution in [2.75, 3.05) is 26.2 Å². The van der Waals surface area contributed by atoms with Crippen LogP contribution in [-0.4, -0.2) is 44.9 Å². The Hall–Kier alpha value is -1.60. The molecule has 1 aliphatic rings. The minimum absolute atomic E-state index is 0.0405. The second kappa shape index (κ2) is 9.37. The highest BCUT2D eigenvalue weighted by atomic mass is 32.2. The first-order chi connectivity index (χ1) is 12.4. The van der Waals surface area contributed by atoms with Gasteiger partial charge in [-0.2, -0.15) is 4.31 Å². The molecule has 1 amide bonds. The summed E-state index contributed by atoms with van der Waals surface area (Å²) < 4.78 is 32.9. The van der Waals surface area contributed by atoms with Crippen molar-refractivity contribution >= 4 is 15.9 Å². The van der Waals surface area contributed by atoms with Gasteiger partial charge in [0.2, 0.25) is 15.9 Å². The van der Waals surface area contributed by atoms with E-state index in [1.165, 1.54) is 4.31 Å². The van der Waals surface area contributed by atoms with E-state index >= 15 is 0 Å². The van der Waals surface area contributed by atoms with Gasteiger partial charge < -0.3 is 10.1 Å². The molecule has 26 heavy (non-hydrogen) atoms. The van der Waals surface area contributed by atoms with E-state index in [0.717, 1.165) is 24.8 Å². The van der Waals surface area contributed by atoms with Crippen LogP contribution in [0.5, 0.6) is 5.75 Å². The Balaban J connectivity index is 2.10. The molecule has 1 aliphatic heterocycles. The van der Waals surface area contributed by atoms with E-state index < -0.39 is 10.0 Å². The number of hydrogen-bond acceptors (Lipinski definition) is 4. The molecule has 2 rings (SSSR count). The molecule has 0 saturated carbocycles. The van der Waals surface area contributed by atoms with Crippen LogP contribution in [0.25, 0.3) is 0 Å². The standard InChI is InChI=1S/C19H30N2O4S/c1-4-6-11-20-19(22)16-8-7-12-21(14-16)26(23,24)17-9-10-18(25-5-2)15(3)13-17/h9-10,13,16H,4-8,11-12,14H2,1-3H3,(H,20,22)/t16-/m1/s1. The third kappa shape index (κ3) is 4.98. The monoisotopic (exact) mass is 382 g/mol. The number of nitrogens with one attached hydrogen (secondary N) is 1. The van der Waals surface area contributed by atoms with Crippen molar-refractivity contribution in [3.63, 3.8) is 0 Å². The first-order valence-corrected chi connectivity index (χ1v) is 10.9. The van der Waals surface area contributed by atoms with Gasteiger partial charge in [0.25, 0.3) is 0 Å². The predicted octanol–water partition coefficient (Wildman–Crippen LogP) is 2.71. The molecule has 0 bridgehead atoms. The fraction of sp³-hybridized carbons (Fsp3) is 0.632. The number of unbranched alkanes of at least 4 members (excludes halogenated alkanes) is 1. The summed E-state index contributed by atoms with van der Waals surface area (Å²) in [5.74, 6) is 0.374. The van der Waals surface area contributed by atoms with Gasteiger partial charge in [-0.1, -0.05) is 13.3 Å². The topological polar surface area (TPSA) is 75.7 Å². The summed E-state index contributed by atoms with van der Waals surface area (Å²) in [6.07, 6.45) is 3.38. The normalized spacial score (nSPS) is 18.5. The molecule has 146 valence electrons. The molecule has 6 nitrogen and oxygen atoms in total. The lowest BCUT2D eigenvalue weighted by Crippen LogP contribution is -2.45. The number of sulfonamides is 1. The van der Waals surface area contributed by atoms with Gasteiger partial charge in [-0.3, -0.25) is 4.79 Å². The van der Waals surface area contributed by atoms with Crippen molar-refractivity contribution in [3.8, 4) is 5.75 Å². The van der Waals surface area contributed by atoms with Gasteiger partial charge in [0.15, 0.2) is 0 Å². The Morgan fingerprint density at radius 1 is 1.35 bits per heavy atom. The number of carbonyl (C=O) groups is 1. The zero-order valence-corrected chi connectivity index (χ0v) is 16.8. The van der Waals surface area contributed by atoms with Crippen molar-refractivity contribution in [1.29, 1.82) is 0 Å². The van der Waals surface area contributed by atoms with Crippen LogP contribution in [0.1, 0.15) is 45.1 Å². The Morgan fingerprint density at radius 2 is 2.12 bits per heavy atom. The Bertz CT molecular complexity index is 718. The molecule has 0 unspecified atom stereocenters. The molecule has 7 heteroatoms. The van der Waals surface area contributed by atoms with Crippen molar-refractivity contribution in [1.82, 2.24) is 9.62 Å². The molecule has 1 heterocycles. The highest BCUT2D eigenvalue weighted by Gasteiger charge is 2.33. The Kier molecular flexibility index (Phi) is 7.46. The van der Waals surface area contributed by atoms with Gasteiger partial charge in [0, 0.05) is 19.6 Å².